The maximum absolute atomic E-state index is 4.52. The summed E-state index contributed by atoms with van der Waals surface area (Å²) in [6, 6.07) is 9.81. The third-order valence-electron chi connectivity index (χ3n) is 1.14. The third kappa shape index (κ3) is 2.91. The molecule has 0 saturated heterocycles. The van der Waals surface area contributed by atoms with Crippen LogP contribution in [-0.2, 0) is 0 Å². The predicted molar refractivity (Wildman–Crippen MR) is 50.8 cm³/mol. The van der Waals surface area contributed by atoms with Gasteiger partial charge in [-0.1, -0.05) is 42.5 Å². The second-order valence-electron chi connectivity index (χ2n) is 1.92. The lowest BCUT2D eigenvalue weighted by atomic mass is 10.2. The van der Waals surface area contributed by atoms with Gasteiger partial charge in [-0.15, -0.1) is 0 Å². The molecular weight excluding hydrogens is 156 g/mol. The first-order chi connectivity index (χ1) is 5.43. The maximum Gasteiger partial charge on any atom is 0.0829 e. The molecular formula is C8H8N2S. The highest BCUT2D eigenvalue weighted by atomic mass is 32.1. The summed E-state index contributed by atoms with van der Waals surface area (Å²) in [5.74, 6) is 0. The summed E-state index contributed by atoms with van der Waals surface area (Å²) in [6.45, 7) is 0. The molecule has 0 aliphatic carbocycles. The van der Waals surface area contributed by atoms with Gasteiger partial charge in [0.05, 0.1) is 11.7 Å². The Morgan fingerprint density at radius 2 is 2.00 bits per heavy atom. The SMILES string of the molecule is S=CN/N=C/c1ccccc1. The van der Waals surface area contributed by atoms with Gasteiger partial charge in [-0.2, -0.15) is 5.10 Å². The van der Waals surface area contributed by atoms with Gasteiger partial charge in [0.25, 0.3) is 0 Å². The molecule has 0 atom stereocenters. The summed E-state index contributed by atoms with van der Waals surface area (Å²) < 4.78 is 0. The van der Waals surface area contributed by atoms with Crippen LogP contribution in [0.1, 0.15) is 5.56 Å². The van der Waals surface area contributed by atoms with Crippen molar-refractivity contribution < 1.29 is 0 Å². The number of hydrazone groups is 1. The molecule has 0 aliphatic rings. The third-order valence-corrected chi connectivity index (χ3v) is 1.25. The van der Waals surface area contributed by atoms with E-state index in [1.165, 1.54) is 5.49 Å². The van der Waals surface area contributed by atoms with Crippen molar-refractivity contribution in [1.29, 1.82) is 0 Å². The summed E-state index contributed by atoms with van der Waals surface area (Å²) in [5.41, 5.74) is 4.97. The molecule has 3 heteroatoms. The van der Waals surface area contributed by atoms with Gasteiger partial charge in [-0.3, -0.25) is 5.43 Å². The largest absolute Gasteiger partial charge is 0.275 e. The number of rotatable bonds is 3. The van der Waals surface area contributed by atoms with Gasteiger partial charge in [0.2, 0.25) is 0 Å². The van der Waals surface area contributed by atoms with Gasteiger partial charge < -0.3 is 0 Å². The predicted octanol–water partition coefficient (Wildman–Crippen LogP) is 1.57. The van der Waals surface area contributed by atoms with Crippen molar-refractivity contribution in [3.05, 3.63) is 35.9 Å². The van der Waals surface area contributed by atoms with E-state index >= 15 is 0 Å². The highest BCUT2D eigenvalue weighted by Gasteiger charge is 1.80. The van der Waals surface area contributed by atoms with E-state index in [0.29, 0.717) is 0 Å². The van der Waals surface area contributed by atoms with Crippen LogP contribution in [0.25, 0.3) is 0 Å². The van der Waals surface area contributed by atoms with Crippen molar-refractivity contribution in [2.24, 2.45) is 5.10 Å². The Kier molecular flexibility index (Phi) is 3.28. The van der Waals surface area contributed by atoms with Crippen molar-refractivity contribution in [1.82, 2.24) is 5.43 Å². The minimum Gasteiger partial charge on any atom is -0.275 e. The van der Waals surface area contributed by atoms with E-state index in [0.717, 1.165) is 5.56 Å². The summed E-state index contributed by atoms with van der Waals surface area (Å²) in [5, 5.41) is 3.83. The van der Waals surface area contributed by atoms with Crippen LogP contribution in [0.15, 0.2) is 35.4 Å². The summed E-state index contributed by atoms with van der Waals surface area (Å²) >= 11 is 4.52. The summed E-state index contributed by atoms with van der Waals surface area (Å²) in [6.07, 6.45) is 1.71. The van der Waals surface area contributed by atoms with Crippen molar-refractivity contribution >= 4 is 23.9 Å². The zero-order valence-electron chi connectivity index (χ0n) is 5.90. The second-order valence-corrected chi connectivity index (χ2v) is 2.15. The lowest BCUT2D eigenvalue weighted by Gasteiger charge is -1.89. The molecule has 56 valence electrons. The molecule has 11 heavy (non-hydrogen) atoms. The number of hydrogen-bond donors (Lipinski definition) is 1. The molecule has 0 amide bonds. The topological polar surface area (TPSA) is 24.4 Å². The molecule has 1 rings (SSSR count). The lowest BCUT2D eigenvalue weighted by Crippen LogP contribution is -1.98. The molecule has 0 saturated carbocycles. The van der Waals surface area contributed by atoms with Crippen molar-refractivity contribution in [3.63, 3.8) is 0 Å². The number of benzene rings is 1. The number of nitrogens with zero attached hydrogens (tertiary/aromatic N) is 1. The zero-order valence-corrected chi connectivity index (χ0v) is 6.71. The van der Waals surface area contributed by atoms with Crippen molar-refractivity contribution in [2.75, 3.05) is 0 Å². The quantitative estimate of drug-likeness (QED) is 0.416. The fourth-order valence-corrected chi connectivity index (χ4v) is 0.742. The minimum atomic E-state index is 1.05. The van der Waals surface area contributed by atoms with E-state index in [9.17, 15) is 0 Å². The van der Waals surface area contributed by atoms with E-state index in [4.69, 9.17) is 0 Å². The van der Waals surface area contributed by atoms with E-state index in [1.54, 1.807) is 6.21 Å². The van der Waals surface area contributed by atoms with Crippen LogP contribution < -0.4 is 5.43 Å². The van der Waals surface area contributed by atoms with Crippen molar-refractivity contribution in [2.45, 2.75) is 0 Å². The molecule has 0 heterocycles. The van der Waals surface area contributed by atoms with Crippen LogP contribution in [0.4, 0.5) is 0 Å². The van der Waals surface area contributed by atoms with Crippen molar-refractivity contribution in [3.8, 4) is 0 Å². The molecule has 0 aromatic heterocycles. The molecule has 1 aromatic rings. The molecule has 0 radical (unpaired) electrons. The zero-order chi connectivity index (χ0) is 7.94. The Balaban J connectivity index is 2.57. The van der Waals surface area contributed by atoms with Crippen LogP contribution in [-0.4, -0.2) is 11.7 Å². The molecule has 1 aromatic carbocycles. The molecule has 0 unspecified atom stereocenters. The molecule has 0 spiro atoms. The Hall–Kier alpha value is -1.22. The van der Waals surface area contributed by atoms with Gasteiger partial charge in [0.1, 0.15) is 0 Å². The van der Waals surface area contributed by atoms with E-state index < -0.39 is 0 Å². The highest BCUT2D eigenvalue weighted by molar-refractivity contribution is 7.78. The number of thiocarbonyl (C=S) groups is 1. The van der Waals surface area contributed by atoms with Gasteiger partial charge in [-0.05, 0) is 5.56 Å². The molecule has 0 fully saturated rings. The Morgan fingerprint density at radius 3 is 2.64 bits per heavy atom. The van der Waals surface area contributed by atoms with E-state index in [1.807, 2.05) is 30.3 Å². The monoisotopic (exact) mass is 164 g/mol. The van der Waals surface area contributed by atoms with Crippen LogP contribution in [0.3, 0.4) is 0 Å². The fraction of sp³-hybridized carbons (Fsp3) is 0. The Labute approximate surface area is 70.9 Å². The average molecular weight is 164 g/mol. The number of hydrogen-bond acceptors (Lipinski definition) is 2. The fourth-order valence-electron chi connectivity index (χ4n) is 0.681. The van der Waals surface area contributed by atoms with Crippen LogP contribution in [0.5, 0.6) is 0 Å². The average Bonchev–Trinajstić information content (AvgIpc) is 2.07. The van der Waals surface area contributed by atoms with Gasteiger partial charge in [0.15, 0.2) is 0 Å². The van der Waals surface area contributed by atoms with Gasteiger partial charge in [0, 0.05) is 0 Å². The second kappa shape index (κ2) is 4.57. The minimum absolute atomic E-state index is 1.05. The molecule has 0 bridgehead atoms. The Bertz CT molecular complexity index is 244. The van der Waals surface area contributed by atoms with Crippen LogP contribution >= 0.6 is 12.2 Å². The van der Waals surface area contributed by atoms with Crippen LogP contribution in [0, 0.1) is 0 Å². The smallest absolute Gasteiger partial charge is 0.0829 e. The van der Waals surface area contributed by atoms with Gasteiger partial charge >= 0.3 is 0 Å². The van der Waals surface area contributed by atoms with E-state index in [2.05, 4.69) is 22.7 Å². The maximum atomic E-state index is 4.52. The molecule has 2 nitrogen and oxygen atoms in total. The summed E-state index contributed by atoms with van der Waals surface area (Å²) in [7, 11) is 0. The number of nitrogens with one attached hydrogen (secondary N) is 1. The standard InChI is InChI=1S/C8H8N2S/c11-7-10-9-6-8-4-2-1-3-5-8/h1-7H,(H,10,11)/b9-6+. The first kappa shape index (κ1) is 7.88. The van der Waals surface area contributed by atoms with Crippen LogP contribution in [0.2, 0.25) is 0 Å². The molecule has 0 aliphatic heterocycles. The Morgan fingerprint density at radius 1 is 1.27 bits per heavy atom. The highest BCUT2D eigenvalue weighted by Crippen LogP contribution is 1.92. The normalized spacial score (nSPS) is 9.82. The van der Waals surface area contributed by atoms with Gasteiger partial charge in [-0.25, -0.2) is 0 Å². The first-order valence-corrected chi connectivity index (χ1v) is 3.68. The summed E-state index contributed by atoms with van der Waals surface area (Å²) in [4.78, 5) is 0. The van der Waals surface area contributed by atoms with E-state index in [-0.39, 0.29) is 0 Å². The lowest BCUT2D eigenvalue weighted by molar-refractivity contribution is 1.08. The first-order valence-electron chi connectivity index (χ1n) is 3.21. The molecule has 1 N–H and O–H groups in total.